The Morgan fingerprint density at radius 2 is 2.26 bits per heavy atom. The molecule has 0 spiro atoms. The van der Waals surface area contributed by atoms with Crippen molar-refractivity contribution in [3.05, 3.63) is 21.6 Å². The van der Waals surface area contributed by atoms with Gasteiger partial charge in [-0.3, -0.25) is 4.79 Å². The summed E-state index contributed by atoms with van der Waals surface area (Å²) in [5.41, 5.74) is 0.202. The van der Waals surface area contributed by atoms with Gasteiger partial charge in [-0.05, 0) is 24.7 Å². The van der Waals surface area contributed by atoms with Gasteiger partial charge in [0.15, 0.2) is 0 Å². The Bertz CT molecular complexity index is 497. The number of hydrogen-bond donors (Lipinski definition) is 2. The molecule has 2 rings (SSSR count). The first-order chi connectivity index (χ1) is 8.99. The summed E-state index contributed by atoms with van der Waals surface area (Å²) in [6.45, 7) is 4.98. The third kappa shape index (κ3) is 3.70. The van der Waals surface area contributed by atoms with Crippen LogP contribution >= 0.6 is 11.6 Å². The molecule has 2 N–H and O–H groups in total. The summed E-state index contributed by atoms with van der Waals surface area (Å²) in [6, 6.07) is 0. The second-order valence-electron chi connectivity index (χ2n) is 5.54. The standard InChI is InChI=1S/C13H20ClN3O2/c1-8(2)7-17-13(19)12(14)10(5-16-17)15-6-11(18)9-3-4-9/h5,8-9,11,15,18H,3-4,6-7H2,1-2H3. The summed E-state index contributed by atoms with van der Waals surface area (Å²) in [5.74, 6) is 0.720. The molecule has 6 heteroatoms. The van der Waals surface area contributed by atoms with Gasteiger partial charge in [0, 0.05) is 13.1 Å². The van der Waals surface area contributed by atoms with E-state index in [4.69, 9.17) is 11.6 Å². The van der Waals surface area contributed by atoms with E-state index < -0.39 is 0 Å². The summed E-state index contributed by atoms with van der Waals surface area (Å²) >= 11 is 6.04. The minimum absolute atomic E-state index is 0.138. The van der Waals surface area contributed by atoms with Crippen molar-refractivity contribution in [2.45, 2.75) is 39.3 Å². The summed E-state index contributed by atoms with van der Waals surface area (Å²) in [5, 5.41) is 17.0. The number of nitrogens with one attached hydrogen (secondary N) is 1. The molecule has 1 aliphatic carbocycles. The van der Waals surface area contributed by atoms with E-state index in [0.29, 0.717) is 30.6 Å². The lowest BCUT2D eigenvalue weighted by Crippen LogP contribution is -2.28. The monoisotopic (exact) mass is 285 g/mol. The third-order valence-corrected chi connectivity index (χ3v) is 3.56. The second kappa shape index (κ2) is 5.92. The van der Waals surface area contributed by atoms with Gasteiger partial charge >= 0.3 is 0 Å². The van der Waals surface area contributed by atoms with E-state index in [9.17, 15) is 9.90 Å². The van der Waals surface area contributed by atoms with Crippen LogP contribution in [0.2, 0.25) is 5.02 Å². The van der Waals surface area contributed by atoms with Crippen molar-refractivity contribution < 1.29 is 5.11 Å². The Kier molecular flexibility index (Phi) is 4.47. The minimum atomic E-state index is -0.380. The van der Waals surface area contributed by atoms with E-state index in [-0.39, 0.29) is 16.7 Å². The molecule has 5 nitrogen and oxygen atoms in total. The van der Waals surface area contributed by atoms with Crippen LogP contribution in [0.5, 0.6) is 0 Å². The Morgan fingerprint density at radius 1 is 1.58 bits per heavy atom. The Balaban J connectivity index is 2.05. The summed E-state index contributed by atoms with van der Waals surface area (Å²) < 4.78 is 1.37. The van der Waals surface area contributed by atoms with Crippen molar-refractivity contribution >= 4 is 17.3 Å². The first kappa shape index (κ1) is 14.3. The summed E-state index contributed by atoms with van der Waals surface area (Å²) in [7, 11) is 0. The van der Waals surface area contributed by atoms with Gasteiger partial charge in [0.25, 0.3) is 5.56 Å². The van der Waals surface area contributed by atoms with Gasteiger partial charge in [-0.25, -0.2) is 4.68 Å². The maximum atomic E-state index is 12.0. The van der Waals surface area contributed by atoms with Gasteiger partial charge in [0.1, 0.15) is 5.02 Å². The second-order valence-corrected chi connectivity index (χ2v) is 5.92. The third-order valence-electron chi connectivity index (χ3n) is 3.19. The van der Waals surface area contributed by atoms with Crippen LogP contribution in [-0.4, -0.2) is 27.5 Å². The zero-order valence-corrected chi connectivity index (χ0v) is 12.0. The van der Waals surface area contributed by atoms with E-state index in [1.54, 1.807) is 6.20 Å². The number of aromatic nitrogens is 2. The molecule has 0 amide bonds. The van der Waals surface area contributed by atoms with Crippen LogP contribution in [0.1, 0.15) is 26.7 Å². The average Bonchev–Trinajstić information content (AvgIpc) is 3.17. The molecule has 1 aliphatic rings. The molecule has 1 aromatic heterocycles. The molecule has 1 heterocycles. The highest BCUT2D eigenvalue weighted by Crippen LogP contribution is 2.32. The first-order valence-electron chi connectivity index (χ1n) is 6.66. The van der Waals surface area contributed by atoms with Crippen molar-refractivity contribution in [1.29, 1.82) is 0 Å². The number of nitrogens with zero attached hydrogens (tertiary/aromatic N) is 2. The summed E-state index contributed by atoms with van der Waals surface area (Å²) in [6.07, 6.45) is 3.32. The normalized spacial score (nSPS) is 16.7. The molecule has 0 radical (unpaired) electrons. The lowest BCUT2D eigenvalue weighted by molar-refractivity contribution is 0.164. The molecule has 1 saturated carbocycles. The quantitative estimate of drug-likeness (QED) is 0.835. The number of rotatable bonds is 6. The molecular weight excluding hydrogens is 266 g/mol. The molecule has 0 saturated heterocycles. The minimum Gasteiger partial charge on any atom is -0.391 e. The predicted molar refractivity (Wildman–Crippen MR) is 75.6 cm³/mol. The molecular formula is C13H20ClN3O2. The fourth-order valence-corrected chi connectivity index (χ4v) is 2.14. The van der Waals surface area contributed by atoms with Crippen molar-refractivity contribution in [3.8, 4) is 0 Å². The zero-order valence-electron chi connectivity index (χ0n) is 11.3. The van der Waals surface area contributed by atoms with E-state index in [0.717, 1.165) is 12.8 Å². The number of anilines is 1. The number of halogens is 1. The maximum Gasteiger partial charge on any atom is 0.287 e. The molecule has 106 valence electrons. The zero-order chi connectivity index (χ0) is 14.0. The van der Waals surface area contributed by atoms with Crippen LogP contribution in [0.3, 0.4) is 0 Å². The Hall–Kier alpha value is -1.07. The van der Waals surface area contributed by atoms with Crippen LogP contribution in [-0.2, 0) is 6.54 Å². The van der Waals surface area contributed by atoms with Crippen LogP contribution in [0.4, 0.5) is 5.69 Å². The topological polar surface area (TPSA) is 67.2 Å². The molecule has 1 unspecified atom stereocenters. The Morgan fingerprint density at radius 3 is 2.84 bits per heavy atom. The van der Waals surface area contributed by atoms with Gasteiger partial charge in [-0.1, -0.05) is 25.4 Å². The van der Waals surface area contributed by atoms with Crippen LogP contribution in [0.25, 0.3) is 0 Å². The van der Waals surface area contributed by atoms with Gasteiger partial charge in [0.2, 0.25) is 0 Å². The average molecular weight is 286 g/mol. The molecule has 0 bridgehead atoms. The highest BCUT2D eigenvalue weighted by atomic mass is 35.5. The highest BCUT2D eigenvalue weighted by Gasteiger charge is 2.29. The Labute approximate surface area is 117 Å². The van der Waals surface area contributed by atoms with Crippen LogP contribution in [0.15, 0.2) is 11.0 Å². The lowest BCUT2D eigenvalue weighted by atomic mass is 10.2. The molecule has 0 aliphatic heterocycles. The molecule has 19 heavy (non-hydrogen) atoms. The largest absolute Gasteiger partial charge is 0.391 e. The van der Waals surface area contributed by atoms with Gasteiger partial charge in [-0.15, -0.1) is 0 Å². The van der Waals surface area contributed by atoms with Crippen LogP contribution < -0.4 is 10.9 Å². The van der Waals surface area contributed by atoms with E-state index in [1.165, 1.54) is 4.68 Å². The van der Waals surface area contributed by atoms with Crippen molar-refractivity contribution in [1.82, 2.24) is 9.78 Å². The lowest BCUT2D eigenvalue weighted by Gasteiger charge is -2.14. The van der Waals surface area contributed by atoms with E-state index >= 15 is 0 Å². The van der Waals surface area contributed by atoms with Gasteiger partial charge in [-0.2, -0.15) is 5.10 Å². The van der Waals surface area contributed by atoms with Crippen LogP contribution in [0, 0.1) is 11.8 Å². The fraction of sp³-hybridized carbons (Fsp3) is 0.692. The molecule has 1 aromatic rings. The van der Waals surface area contributed by atoms with Gasteiger partial charge in [0.05, 0.1) is 18.0 Å². The molecule has 1 fully saturated rings. The molecule has 1 atom stereocenters. The summed E-state index contributed by atoms with van der Waals surface area (Å²) in [4.78, 5) is 12.0. The van der Waals surface area contributed by atoms with Crippen molar-refractivity contribution in [2.24, 2.45) is 11.8 Å². The highest BCUT2D eigenvalue weighted by molar-refractivity contribution is 6.32. The number of hydrogen-bond acceptors (Lipinski definition) is 4. The fourth-order valence-electron chi connectivity index (χ4n) is 1.93. The van der Waals surface area contributed by atoms with Crippen molar-refractivity contribution in [2.75, 3.05) is 11.9 Å². The number of aliphatic hydroxyl groups is 1. The predicted octanol–water partition coefficient (Wildman–Crippen LogP) is 1.74. The molecule has 0 aromatic carbocycles. The van der Waals surface area contributed by atoms with E-state index in [2.05, 4.69) is 10.4 Å². The van der Waals surface area contributed by atoms with Crippen molar-refractivity contribution in [3.63, 3.8) is 0 Å². The first-order valence-corrected chi connectivity index (χ1v) is 7.04. The van der Waals surface area contributed by atoms with E-state index in [1.807, 2.05) is 13.8 Å². The van der Waals surface area contributed by atoms with Gasteiger partial charge < -0.3 is 10.4 Å². The SMILES string of the molecule is CC(C)Cn1ncc(NCC(O)C2CC2)c(Cl)c1=O. The maximum absolute atomic E-state index is 12.0. The number of aliphatic hydroxyl groups excluding tert-OH is 1. The smallest absolute Gasteiger partial charge is 0.287 e.